The van der Waals surface area contributed by atoms with E-state index < -0.39 is 0 Å². The molecular formula is C14H15BrN2O2S. The zero-order chi connectivity index (χ0) is 14.3. The molecule has 1 unspecified atom stereocenters. The lowest BCUT2D eigenvalue weighted by Crippen LogP contribution is -2.29. The molecule has 4 nitrogen and oxygen atoms in total. The van der Waals surface area contributed by atoms with Crippen molar-refractivity contribution in [2.24, 2.45) is 0 Å². The Balaban J connectivity index is 1.86. The van der Waals surface area contributed by atoms with Gasteiger partial charge in [-0.2, -0.15) is 0 Å². The molecule has 106 valence electrons. The predicted octanol–water partition coefficient (Wildman–Crippen LogP) is 4.09. The number of rotatable bonds is 2. The number of amides is 1. The summed E-state index contributed by atoms with van der Waals surface area (Å²) in [6.07, 6.45) is 1.94. The number of carbonyl (C=O) groups is 1. The summed E-state index contributed by atoms with van der Waals surface area (Å²) in [5.74, 6) is 0.876. The maximum Gasteiger partial charge on any atom is 0.264 e. The van der Waals surface area contributed by atoms with Gasteiger partial charge in [-0.3, -0.25) is 4.79 Å². The smallest absolute Gasteiger partial charge is 0.264 e. The Morgan fingerprint density at radius 3 is 2.90 bits per heavy atom. The summed E-state index contributed by atoms with van der Waals surface area (Å²) in [6, 6.07) is 3.88. The zero-order valence-electron chi connectivity index (χ0n) is 11.4. The van der Waals surface area contributed by atoms with Gasteiger partial charge < -0.3 is 9.42 Å². The number of hydrogen-bond acceptors (Lipinski definition) is 4. The summed E-state index contributed by atoms with van der Waals surface area (Å²) in [6.45, 7) is 4.67. The normalized spacial score (nSPS) is 18.8. The van der Waals surface area contributed by atoms with Crippen molar-refractivity contribution in [1.29, 1.82) is 0 Å². The molecule has 0 bridgehead atoms. The van der Waals surface area contributed by atoms with Crippen LogP contribution in [0.4, 0.5) is 0 Å². The summed E-state index contributed by atoms with van der Waals surface area (Å²) >= 11 is 4.97. The van der Waals surface area contributed by atoms with Crippen LogP contribution in [0.2, 0.25) is 0 Å². The molecule has 6 heteroatoms. The fraction of sp³-hybridized carbons (Fsp3) is 0.429. The third kappa shape index (κ3) is 2.42. The van der Waals surface area contributed by atoms with E-state index in [2.05, 4.69) is 21.1 Å². The fourth-order valence-corrected chi connectivity index (χ4v) is 4.04. The van der Waals surface area contributed by atoms with Crippen molar-refractivity contribution in [1.82, 2.24) is 10.1 Å². The van der Waals surface area contributed by atoms with Crippen LogP contribution in [0.15, 0.2) is 20.4 Å². The summed E-state index contributed by atoms with van der Waals surface area (Å²) in [4.78, 5) is 15.3. The average Bonchev–Trinajstić information content (AvgIpc) is 3.10. The maximum absolute atomic E-state index is 12.7. The van der Waals surface area contributed by atoms with Gasteiger partial charge in [0.1, 0.15) is 0 Å². The quantitative estimate of drug-likeness (QED) is 0.815. The minimum absolute atomic E-state index is 0.0184. The first kappa shape index (κ1) is 13.8. The molecule has 0 aliphatic carbocycles. The first-order chi connectivity index (χ1) is 9.56. The van der Waals surface area contributed by atoms with Crippen LogP contribution in [0.3, 0.4) is 0 Å². The van der Waals surface area contributed by atoms with Crippen molar-refractivity contribution in [3.05, 3.63) is 37.8 Å². The highest BCUT2D eigenvalue weighted by Crippen LogP contribution is 2.36. The van der Waals surface area contributed by atoms with E-state index in [0.717, 1.165) is 45.1 Å². The molecule has 1 saturated heterocycles. The van der Waals surface area contributed by atoms with Gasteiger partial charge in [0.05, 0.1) is 20.4 Å². The third-order valence-corrected chi connectivity index (χ3v) is 5.68. The van der Waals surface area contributed by atoms with Crippen molar-refractivity contribution in [3.8, 4) is 0 Å². The molecule has 0 aromatic carbocycles. The van der Waals surface area contributed by atoms with Crippen molar-refractivity contribution in [3.63, 3.8) is 0 Å². The van der Waals surface area contributed by atoms with Crippen LogP contribution in [-0.2, 0) is 0 Å². The molecule has 0 radical (unpaired) electrons. The Morgan fingerprint density at radius 2 is 2.30 bits per heavy atom. The van der Waals surface area contributed by atoms with Crippen LogP contribution < -0.4 is 0 Å². The molecule has 3 rings (SSSR count). The van der Waals surface area contributed by atoms with Gasteiger partial charge in [0, 0.05) is 12.6 Å². The Morgan fingerprint density at radius 1 is 1.50 bits per heavy atom. The van der Waals surface area contributed by atoms with Crippen molar-refractivity contribution in [2.75, 3.05) is 6.54 Å². The van der Waals surface area contributed by atoms with Gasteiger partial charge in [0.15, 0.2) is 5.76 Å². The Bertz CT molecular complexity index is 630. The van der Waals surface area contributed by atoms with Crippen LogP contribution in [0.5, 0.6) is 0 Å². The number of halogens is 1. The number of carbonyl (C=O) groups excluding carboxylic acids is 1. The average molecular weight is 355 g/mol. The van der Waals surface area contributed by atoms with Crippen molar-refractivity contribution < 1.29 is 9.32 Å². The van der Waals surface area contributed by atoms with Gasteiger partial charge in [-0.15, -0.1) is 11.3 Å². The Hall–Kier alpha value is -1.14. The van der Waals surface area contributed by atoms with E-state index >= 15 is 0 Å². The van der Waals surface area contributed by atoms with Crippen molar-refractivity contribution in [2.45, 2.75) is 32.7 Å². The molecule has 0 saturated carbocycles. The highest BCUT2D eigenvalue weighted by molar-refractivity contribution is 9.11. The lowest BCUT2D eigenvalue weighted by molar-refractivity contribution is 0.0719. The van der Waals surface area contributed by atoms with Gasteiger partial charge in [-0.1, -0.05) is 5.16 Å². The summed E-state index contributed by atoms with van der Waals surface area (Å²) in [7, 11) is 0. The number of hydrogen-bond donors (Lipinski definition) is 0. The van der Waals surface area contributed by atoms with Crippen LogP contribution in [0, 0.1) is 13.8 Å². The summed E-state index contributed by atoms with van der Waals surface area (Å²) < 4.78 is 6.36. The third-order valence-electron chi connectivity index (χ3n) is 3.56. The molecule has 2 aromatic rings. The largest absolute Gasteiger partial charge is 0.359 e. The highest BCUT2D eigenvalue weighted by atomic mass is 79.9. The molecule has 1 amide bonds. The second-order valence-corrected chi connectivity index (χ2v) is 7.46. The molecular weight excluding hydrogens is 340 g/mol. The second-order valence-electron chi connectivity index (χ2n) is 5.09. The van der Waals surface area contributed by atoms with E-state index in [0.29, 0.717) is 0 Å². The molecule has 20 heavy (non-hydrogen) atoms. The van der Waals surface area contributed by atoms with Crippen LogP contribution in [-0.4, -0.2) is 22.5 Å². The first-order valence-electron chi connectivity index (χ1n) is 6.56. The maximum atomic E-state index is 12.7. The Labute approximate surface area is 129 Å². The molecule has 1 fully saturated rings. The van der Waals surface area contributed by atoms with Gasteiger partial charge in [0.2, 0.25) is 0 Å². The van der Waals surface area contributed by atoms with E-state index in [1.165, 1.54) is 11.3 Å². The number of aromatic nitrogens is 1. The minimum atomic E-state index is 0.0184. The molecule has 0 spiro atoms. The van der Waals surface area contributed by atoms with Crippen LogP contribution in [0.1, 0.15) is 45.6 Å². The summed E-state index contributed by atoms with van der Waals surface area (Å²) in [5.41, 5.74) is 1.96. The number of nitrogens with zero attached hydrogens (tertiary/aromatic N) is 2. The number of likely N-dealkylation sites (tertiary alicyclic amines) is 1. The van der Waals surface area contributed by atoms with Crippen molar-refractivity contribution >= 4 is 33.2 Å². The van der Waals surface area contributed by atoms with Gasteiger partial charge in [0.25, 0.3) is 5.91 Å². The zero-order valence-corrected chi connectivity index (χ0v) is 13.8. The van der Waals surface area contributed by atoms with E-state index in [9.17, 15) is 4.79 Å². The summed E-state index contributed by atoms with van der Waals surface area (Å²) in [5, 5.41) is 3.93. The predicted molar refractivity (Wildman–Crippen MR) is 81.0 cm³/mol. The molecule has 0 N–H and O–H groups in total. The fourth-order valence-electron chi connectivity index (χ4n) is 2.55. The van der Waals surface area contributed by atoms with E-state index in [1.54, 1.807) is 0 Å². The molecule has 1 aliphatic heterocycles. The Kier molecular flexibility index (Phi) is 3.69. The molecule has 3 heterocycles. The minimum Gasteiger partial charge on any atom is -0.359 e. The number of aryl methyl sites for hydroxylation is 2. The van der Waals surface area contributed by atoms with Gasteiger partial charge >= 0.3 is 0 Å². The highest BCUT2D eigenvalue weighted by Gasteiger charge is 2.33. The lowest BCUT2D eigenvalue weighted by atomic mass is 10.1. The topological polar surface area (TPSA) is 46.3 Å². The molecule has 2 aromatic heterocycles. The van der Waals surface area contributed by atoms with E-state index in [-0.39, 0.29) is 11.9 Å². The monoisotopic (exact) mass is 354 g/mol. The second kappa shape index (κ2) is 5.33. The standard InChI is InChI=1S/C14H15BrN2O2S/c1-8-6-12(20-13(8)15)14(18)17-5-3-4-10(17)11-7-9(2)16-19-11/h6-7,10H,3-5H2,1-2H3. The van der Waals surface area contributed by atoms with Gasteiger partial charge in [-0.25, -0.2) is 0 Å². The van der Waals surface area contributed by atoms with E-state index in [4.69, 9.17) is 4.52 Å². The van der Waals surface area contributed by atoms with E-state index in [1.807, 2.05) is 30.9 Å². The molecule has 1 atom stereocenters. The SMILES string of the molecule is Cc1cc(C2CCCN2C(=O)c2cc(C)c(Br)s2)on1. The van der Waals surface area contributed by atoms with Gasteiger partial charge in [-0.05, 0) is 54.2 Å². The first-order valence-corrected chi connectivity index (χ1v) is 8.17. The molecule has 1 aliphatic rings. The van der Waals surface area contributed by atoms with Crippen LogP contribution >= 0.6 is 27.3 Å². The van der Waals surface area contributed by atoms with Crippen LogP contribution in [0.25, 0.3) is 0 Å². The number of thiophene rings is 1. The lowest BCUT2D eigenvalue weighted by Gasteiger charge is -2.21.